The molecule has 1 N–H and O–H groups in total. The second kappa shape index (κ2) is 6.04. The molecular weight excluding hydrogens is 238 g/mol. The highest BCUT2D eigenvalue weighted by molar-refractivity contribution is 5.74. The van der Waals surface area contributed by atoms with Crippen LogP contribution in [0.4, 0.5) is 4.79 Å². The molecule has 1 fully saturated rings. The lowest BCUT2D eigenvalue weighted by Crippen LogP contribution is -2.37. The third-order valence-electron chi connectivity index (χ3n) is 2.44. The molecule has 0 saturated carbocycles. The lowest BCUT2D eigenvalue weighted by molar-refractivity contribution is -0.153. The molecule has 1 saturated heterocycles. The minimum atomic E-state index is -0.519. The molecule has 1 aliphatic heterocycles. The summed E-state index contributed by atoms with van der Waals surface area (Å²) >= 11 is 0. The van der Waals surface area contributed by atoms with E-state index in [0.717, 1.165) is 6.42 Å². The van der Waals surface area contributed by atoms with Crippen molar-refractivity contribution in [2.75, 3.05) is 13.7 Å². The second-order valence-electron chi connectivity index (χ2n) is 5.23. The van der Waals surface area contributed by atoms with Gasteiger partial charge in [0, 0.05) is 6.54 Å². The Morgan fingerprint density at radius 2 is 2.00 bits per heavy atom. The largest absolute Gasteiger partial charge is 0.467 e. The first-order valence-electron chi connectivity index (χ1n) is 6.02. The molecular formula is C12H21NO5. The van der Waals surface area contributed by atoms with Crippen molar-refractivity contribution in [1.29, 1.82) is 0 Å². The SMILES string of the molecule is COC(=O)[C@@H]1CC[C@@H](CNC(=O)OC(C)(C)C)O1. The average Bonchev–Trinajstić information content (AvgIpc) is 2.71. The fourth-order valence-electron chi connectivity index (χ4n) is 1.67. The van der Waals surface area contributed by atoms with E-state index in [1.54, 1.807) is 20.8 Å². The maximum atomic E-state index is 11.4. The molecule has 1 aliphatic rings. The van der Waals surface area contributed by atoms with Crippen LogP contribution in [0.2, 0.25) is 0 Å². The molecule has 18 heavy (non-hydrogen) atoms. The van der Waals surface area contributed by atoms with Crippen LogP contribution < -0.4 is 5.32 Å². The van der Waals surface area contributed by atoms with E-state index in [4.69, 9.17) is 9.47 Å². The topological polar surface area (TPSA) is 73.9 Å². The van der Waals surface area contributed by atoms with Crippen LogP contribution in [0.3, 0.4) is 0 Å². The maximum absolute atomic E-state index is 11.4. The van der Waals surface area contributed by atoms with E-state index in [1.165, 1.54) is 7.11 Å². The summed E-state index contributed by atoms with van der Waals surface area (Å²) in [6.07, 6.45) is 0.179. The summed E-state index contributed by atoms with van der Waals surface area (Å²) in [6.45, 7) is 5.73. The van der Waals surface area contributed by atoms with Crippen LogP contribution in [0.15, 0.2) is 0 Å². The molecule has 0 bridgehead atoms. The number of hydrogen-bond donors (Lipinski definition) is 1. The highest BCUT2D eigenvalue weighted by atomic mass is 16.6. The van der Waals surface area contributed by atoms with Crippen molar-refractivity contribution in [2.24, 2.45) is 0 Å². The summed E-state index contributed by atoms with van der Waals surface area (Å²) < 4.78 is 15.1. The maximum Gasteiger partial charge on any atom is 0.407 e. The van der Waals surface area contributed by atoms with Gasteiger partial charge in [-0.25, -0.2) is 9.59 Å². The van der Waals surface area contributed by atoms with Gasteiger partial charge in [-0.15, -0.1) is 0 Å². The lowest BCUT2D eigenvalue weighted by Gasteiger charge is -2.20. The van der Waals surface area contributed by atoms with Crippen LogP contribution >= 0.6 is 0 Å². The van der Waals surface area contributed by atoms with Gasteiger partial charge in [0.15, 0.2) is 6.10 Å². The standard InChI is InChI=1S/C12H21NO5/c1-12(2,3)18-11(15)13-7-8-5-6-9(17-8)10(14)16-4/h8-9H,5-7H2,1-4H3,(H,13,15)/t8-,9-/m0/s1. The summed E-state index contributed by atoms with van der Waals surface area (Å²) in [4.78, 5) is 22.6. The van der Waals surface area contributed by atoms with Crippen molar-refractivity contribution >= 4 is 12.1 Å². The quantitative estimate of drug-likeness (QED) is 0.772. The summed E-state index contributed by atoms with van der Waals surface area (Å²) in [6, 6.07) is 0. The second-order valence-corrected chi connectivity index (χ2v) is 5.23. The van der Waals surface area contributed by atoms with Crippen molar-refractivity contribution in [3.8, 4) is 0 Å². The first-order valence-corrected chi connectivity index (χ1v) is 6.02. The van der Waals surface area contributed by atoms with Crippen LogP contribution in [0.25, 0.3) is 0 Å². The molecule has 0 unspecified atom stereocenters. The van der Waals surface area contributed by atoms with Crippen molar-refractivity contribution < 1.29 is 23.8 Å². The van der Waals surface area contributed by atoms with Gasteiger partial charge in [-0.3, -0.25) is 0 Å². The van der Waals surface area contributed by atoms with Crippen molar-refractivity contribution in [3.63, 3.8) is 0 Å². The zero-order valence-corrected chi connectivity index (χ0v) is 11.3. The number of nitrogens with one attached hydrogen (secondary N) is 1. The fourth-order valence-corrected chi connectivity index (χ4v) is 1.67. The van der Waals surface area contributed by atoms with E-state index in [-0.39, 0.29) is 12.1 Å². The molecule has 1 heterocycles. The Labute approximate surface area is 107 Å². The summed E-state index contributed by atoms with van der Waals surface area (Å²) in [5.74, 6) is -0.366. The van der Waals surface area contributed by atoms with Crippen molar-refractivity contribution in [1.82, 2.24) is 5.32 Å². The molecule has 6 heteroatoms. The number of carbonyl (C=O) groups is 2. The van der Waals surface area contributed by atoms with E-state index in [2.05, 4.69) is 10.1 Å². The molecule has 0 aromatic rings. The van der Waals surface area contributed by atoms with Gasteiger partial charge in [0.1, 0.15) is 5.60 Å². The molecule has 1 rings (SSSR count). The summed E-state index contributed by atoms with van der Waals surface area (Å²) in [5.41, 5.74) is -0.519. The Bertz CT molecular complexity index is 310. The minimum absolute atomic E-state index is 0.165. The normalized spacial score (nSPS) is 23.6. The predicted molar refractivity (Wildman–Crippen MR) is 64.1 cm³/mol. The summed E-state index contributed by atoms with van der Waals surface area (Å²) in [5, 5.41) is 2.62. The number of hydrogen-bond acceptors (Lipinski definition) is 5. The monoisotopic (exact) mass is 259 g/mol. The van der Waals surface area contributed by atoms with E-state index in [1.807, 2.05) is 0 Å². The predicted octanol–water partition coefficient (Wildman–Crippen LogP) is 1.23. The first kappa shape index (κ1) is 14.8. The van der Waals surface area contributed by atoms with Gasteiger partial charge in [0.25, 0.3) is 0 Å². The average molecular weight is 259 g/mol. The third kappa shape index (κ3) is 4.91. The molecule has 0 aromatic carbocycles. The first-order chi connectivity index (χ1) is 8.31. The number of esters is 1. The van der Waals surface area contributed by atoms with Gasteiger partial charge in [-0.1, -0.05) is 0 Å². The van der Waals surface area contributed by atoms with Crippen LogP contribution in [0.1, 0.15) is 33.6 Å². The molecule has 0 aromatic heterocycles. The van der Waals surface area contributed by atoms with Gasteiger partial charge in [-0.2, -0.15) is 0 Å². The highest BCUT2D eigenvalue weighted by Gasteiger charge is 2.31. The van der Waals surface area contributed by atoms with Crippen molar-refractivity contribution in [2.45, 2.75) is 51.4 Å². The number of rotatable bonds is 3. The molecule has 6 nitrogen and oxygen atoms in total. The Balaban J connectivity index is 2.26. The third-order valence-corrected chi connectivity index (χ3v) is 2.44. The van der Waals surface area contributed by atoms with Gasteiger partial charge in [0.05, 0.1) is 13.2 Å². The molecule has 2 atom stereocenters. The number of alkyl carbamates (subject to hydrolysis) is 1. The van der Waals surface area contributed by atoms with E-state index in [9.17, 15) is 9.59 Å². The Morgan fingerprint density at radius 3 is 2.56 bits per heavy atom. The smallest absolute Gasteiger partial charge is 0.407 e. The fraction of sp³-hybridized carbons (Fsp3) is 0.833. The number of ether oxygens (including phenoxy) is 3. The van der Waals surface area contributed by atoms with Gasteiger partial charge in [0.2, 0.25) is 0 Å². The van der Waals surface area contributed by atoms with Crippen LogP contribution in [-0.2, 0) is 19.0 Å². The zero-order chi connectivity index (χ0) is 13.8. The molecule has 0 aliphatic carbocycles. The minimum Gasteiger partial charge on any atom is -0.467 e. The zero-order valence-electron chi connectivity index (χ0n) is 11.3. The highest BCUT2D eigenvalue weighted by Crippen LogP contribution is 2.20. The Hall–Kier alpha value is -1.30. The lowest BCUT2D eigenvalue weighted by atomic mass is 10.2. The van der Waals surface area contributed by atoms with Gasteiger partial charge < -0.3 is 19.5 Å². The van der Waals surface area contributed by atoms with Gasteiger partial charge >= 0.3 is 12.1 Å². The Kier molecular flexibility index (Phi) is 4.95. The Morgan fingerprint density at radius 1 is 1.33 bits per heavy atom. The number of carbonyl (C=O) groups excluding carboxylic acids is 2. The number of amides is 1. The van der Waals surface area contributed by atoms with E-state index < -0.39 is 17.8 Å². The van der Waals surface area contributed by atoms with Crippen molar-refractivity contribution in [3.05, 3.63) is 0 Å². The van der Waals surface area contributed by atoms with Crippen LogP contribution in [-0.4, -0.2) is 43.5 Å². The molecule has 104 valence electrons. The summed E-state index contributed by atoms with van der Waals surface area (Å²) in [7, 11) is 1.33. The van der Waals surface area contributed by atoms with E-state index in [0.29, 0.717) is 13.0 Å². The van der Waals surface area contributed by atoms with Gasteiger partial charge in [-0.05, 0) is 33.6 Å². The van der Waals surface area contributed by atoms with Crippen LogP contribution in [0.5, 0.6) is 0 Å². The molecule has 0 spiro atoms. The number of methoxy groups -OCH3 is 1. The van der Waals surface area contributed by atoms with E-state index >= 15 is 0 Å². The molecule has 1 amide bonds. The van der Waals surface area contributed by atoms with Crippen LogP contribution in [0, 0.1) is 0 Å². The molecule has 0 radical (unpaired) electrons.